The van der Waals surface area contributed by atoms with Crippen LogP contribution in [0, 0.1) is 5.92 Å². The van der Waals surface area contributed by atoms with E-state index in [1.54, 1.807) is 0 Å². The lowest BCUT2D eigenvalue weighted by molar-refractivity contribution is 0.138. The summed E-state index contributed by atoms with van der Waals surface area (Å²) < 4.78 is 0. The molecule has 1 atom stereocenters. The fraction of sp³-hybridized carbons (Fsp3) is 1.00. The van der Waals surface area contributed by atoms with Crippen molar-refractivity contribution in [1.82, 2.24) is 4.90 Å². The Morgan fingerprint density at radius 2 is 1.60 bits per heavy atom. The molecule has 2 N–H and O–H groups in total. The van der Waals surface area contributed by atoms with Gasteiger partial charge in [-0.05, 0) is 57.5 Å². The zero-order chi connectivity index (χ0) is 10.3. The van der Waals surface area contributed by atoms with Crippen LogP contribution in [0.2, 0.25) is 0 Å². The van der Waals surface area contributed by atoms with E-state index >= 15 is 0 Å². The molecule has 0 bridgehead atoms. The van der Waals surface area contributed by atoms with Crippen molar-refractivity contribution in [3.05, 3.63) is 0 Å². The highest BCUT2D eigenvalue weighted by Crippen LogP contribution is 2.46. The van der Waals surface area contributed by atoms with E-state index in [1.807, 2.05) is 0 Å². The van der Waals surface area contributed by atoms with Crippen LogP contribution >= 0.6 is 0 Å². The molecule has 3 rings (SSSR count). The van der Waals surface area contributed by atoms with Gasteiger partial charge in [0.05, 0.1) is 0 Å². The van der Waals surface area contributed by atoms with Crippen molar-refractivity contribution >= 4 is 0 Å². The van der Waals surface area contributed by atoms with E-state index in [0.717, 1.165) is 12.0 Å². The molecule has 2 aliphatic carbocycles. The van der Waals surface area contributed by atoms with Gasteiger partial charge >= 0.3 is 0 Å². The van der Waals surface area contributed by atoms with Crippen LogP contribution in [0.25, 0.3) is 0 Å². The lowest BCUT2D eigenvalue weighted by atomic mass is 9.89. The first-order valence-electron chi connectivity index (χ1n) is 6.82. The molecule has 0 amide bonds. The van der Waals surface area contributed by atoms with Gasteiger partial charge in [-0.2, -0.15) is 0 Å². The third-order valence-electron chi connectivity index (χ3n) is 4.80. The van der Waals surface area contributed by atoms with Crippen LogP contribution in [-0.2, 0) is 0 Å². The third-order valence-corrected chi connectivity index (χ3v) is 4.80. The maximum Gasteiger partial charge on any atom is 0.0316 e. The molecule has 2 saturated carbocycles. The predicted molar refractivity (Wildman–Crippen MR) is 62.7 cm³/mol. The Kier molecular flexibility index (Phi) is 2.52. The molecule has 2 heteroatoms. The second-order valence-corrected chi connectivity index (χ2v) is 5.97. The molecule has 1 heterocycles. The minimum absolute atomic E-state index is 0.222. The van der Waals surface area contributed by atoms with Crippen LogP contribution < -0.4 is 5.73 Å². The molecule has 15 heavy (non-hydrogen) atoms. The highest BCUT2D eigenvalue weighted by atomic mass is 15.2. The lowest BCUT2D eigenvalue weighted by Gasteiger charge is -2.37. The van der Waals surface area contributed by atoms with Crippen molar-refractivity contribution < 1.29 is 0 Å². The zero-order valence-corrected chi connectivity index (χ0v) is 9.75. The number of hydrogen-bond acceptors (Lipinski definition) is 2. The number of nitrogens with zero attached hydrogens (tertiary/aromatic N) is 1. The topological polar surface area (TPSA) is 29.3 Å². The summed E-state index contributed by atoms with van der Waals surface area (Å²) in [5.41, 5.74) is 6.73. The van der Waals surface area contributed by atoms with Gasteiger partial charge in [0.1, 0.15) is 0 Å². The Hall–Kier alpha value is -0.0800. The maximum atomic E-state index is 6.51. The predicted octanol–water partition coefficient (Wildman–Crippen LogP) is 2.13. The van der Waals surface area contributed by atoms with Gasteiger partial charge in [-0.1, -0.05) is 12.8 Å². The third kappa shape index (κ3) is 1.83. The fourth-order valence-corrected chi connectivity index (χ4v) is 3.86. The standard InChI is InChI=1S/C13H24N2/c14-13(7-8-13)12(11-5-1-2-6-11)15-9-3-4-10-15/h11-12H,1-10,14H2. The largest absolute Gasteiger partial charge is 0.324 e. The van der Waals surface area contributed by atoms with Crippen LogP contribution in [0.5, 0.6) is 0 Å². The van der Waals surface area contributed by atoms with Crippen LogP contribution in [0.15, 0.2) is 0 Å². The normalized spacial score (nSPS) is 33.4. The first kappa shape index (κ1) is 10.1. The molecule has 0 aromatic carbocycles. The highest BCUT2D eigenvalue weighted by molar-refractivity contribution is 5.11. The minimum Gasteiger partial charge on any atom is -0.324 e. The highest BCUT2D eigenvalue weighted by Gasteiger charge is 2.51. The molecule has 1 saturated heterocycles. The average Bonchev–Trinajstić information content (AvgIpc) is 2.76. The van der Waals surface area contributed by atoms with Crippen LogP contribution in [0.1, 0.15) is 51.4 Å². The van der Waals surface area contributed by atoms with Crippen molar-refractivity contribution in [2.45, 2.75) is 62.9 Å². The summed E-state index contributed by atoms with van der Waals surface area (Å²) in [4.78, 5) is 2.73. The SMILES string of the molecule is NC1(C(C2CCCC2)N2CCCC2)CC1. The molecule has 0 spiro atoms. The van der Waals surface area contributed by atoms with Gasteiger partial charge in [0.25, 0.3) is 0 Å². The molecule has 86 valence electrons. The first-order valence-corrected chi connectivity index (χ1v) is 6.82. The van der Waals surface area contributed by atoms with Gasteiger partial charge in [0.2, 0.25) is 0 Å². The van der Waals surface area contributed by atoms with Gasteiger partial charge in [-0.3, -0.25) is 4.90 Å². The number of likely N-dealkylation sites (tertiary alicyclic amines) is 1. The van der Waals surface area contributed by atoms with E-state index in [0.29, 0.717) is 0 Å². The van der Waals surface area contributed by atoms with Crippen LogP contribution in [0.3, 0.4) is 0 Å². The summed E-state index contributed by atoms with van der Waals surface area (Å²) in [6, 6.07) is 0.738. The Morgan fingerprint density at radius 1 is 1.00 bits per heavy atom. The molecule has 0 aromatic heterocycles. The number of rotatable bonds is 3. The van der Waals surface area contributed by atoms with Crippen molar-refractivity contribution in [2.75, 3.05) is 13.1 Å². The molecule has 0 aromatic rings. The van der Waals surface area contributed by atoms with E-state index < -0.39 is 0 Å². The first-order chi connectivity index (χ1) is 7.30. The number of nitrogens with two attached hydrogens (primary N) is 1. The Bertz CT molecular complexity index is 207. The van der Waals surface area contributed by atoms with Gasteiger partial charge in [0, 0.05) is 11.6 Å². The molecule has 1 unspecified atom stereocenters. The monoisotopic (exact) mass is 208 g/mol. The molecular weight excluding hydrogens is 184 g/mol. The summed E-state index contributed by atoms with van der Waals surface area (Å²) in [5.74, 6) is 0.926. The summed E-state index contributed by atoms with van der Waals surface area (Å²) >= 11 is 0. The zero-order valence-electron chi connectivity index (χ0n) is 9.75. The number of hydrogen-bond donors (Lipinski definition) is 1. The Balaban J connectivity index is 1.74. The van der Waals surface area contributed by atoms with Crippen molar-refractivity contribution in [2.24, 2.45) is 11.7 Å². The van der Waals surface area contributed by atoms with E-state index in [4.69, 9.17) is 5.73 Å². The van der Waals surface area contributed by atoms with Gasteiger partial charge in [-0.25, -0.2) is 0 Å². The molecular formula is C13H24N2. The molecule has 3 fully saturated rings. The Morgan fingerprint density at radius 3 is 2.13 bits per heavy atom. The van der Waals surface area contributed by atoms with Crippen molar-refractivity contribution in [3.8, 4) is 0 Å². The van der Waals surface area contributed by atoms with E-state index in [1.165, 1.54) is 64.5 Å². The molecule has 3 aliphatic rings. The summed E-state index contributed by atoms with van der Waals surface area (Å²) in [5, 5.41) is 0. The van der Waals surface area contributed by atoms with Gasteiger partial charge in [-0.15, -0.1) is 0 Å². The molecule has 0 radical (unpaired) electrons. The van der Waals surface area contributed by atoms with E-state index in [-0.39, 0.29) is 5.54 Å². The fourth-order valence-electron chi connectivity index (χ4n) is 3.86. The minimum atomic E-state index is 0.222. The van der Waals surface area contributed by atoms with Crippen LogP contribution in [0.4, 0.5) is 0 Å². The average molecular weight is 208 g/mol. The second-order valence-electron chi connectivity index (χ2n) is 5.97. The van der Waals surface area contributed by atoms with E-state index in [2.05, 4.69) is 4.90 Å². The van der Waals surface area contributed by atoms with Gasteiger partial charge in [0.15, 0.2) is 0 Å². The lowest BCUT2D eigenvalue weighted by Crippen LogP contribution is -2.52. The maximum absolute atomic E-state index is 6.51. The Labute approximate surface area is 93.2 Å². The summed E-state index contributed by atoms with van der Waals surface area (Å²) in [6.07, 6.45) is 11.2. The smallest absolute Gasteiger partial charge is 0.0316 e. The summed E-state index contributed by atoms with van der Waals surface area (Å²) in [7, 11) is 0. The quantitative estimate of drug-likeness (QED) is 0.770. The molecule has 1 aliphatic heterocycles. The van der Waals surface area contributed by atoms with Crippen molar-refractivity contribution in [3.63, 3.8) is 0 Å². The summed E-state index contributed by atoms with van der Waals surface area (Å²) in [6.45, 7) is 2.64. The van der Waals surface area contributed by atoms with Crippen LogP contribution in [-0.4, -0.2) is 29.6 Å². The van der Waals surface area contributed by atoms with E-state index in [9.17, 15) is 0 Å². The van der Waals surface area contributed by atoms with Crippen molar-refractivity contribution in [1.29, 1.82) is 0 Å². The van der Waals surface area contributed by atoms with Gasteiger partial charge < -0.3 is 5.73 Å². The second kappa shape index (κ2) is 3.74. The molecule has 2 nitrogen and oxygen atoms in total.